The molecule has 0 aliphatic heterocycles. The number of phenolic OH excluding ortho intramolecular Hbond substituents is 2. The Kier molecular flexibility index (Phi) is 21.6. The molecule has 0 spiro atoms. The molecule has 1 unspecified atom stereocenters. The second-order valence-corrected chi connectivity index (χ2v) is 10.1. The fraction of sp³-hybridized carbons (Fsp3) is 0.485. The van der Waals surface area contributed by atoms with Crippen LogP contribution >= 0.6 is 0 Å². The van der Waals surface area contributed by atoms with Crippen molar-refractivity contribution in [3.8, 4) is 17.2 Å². The van der Waals surface area contributed by atoms with E-state index in [-0.39, 0.29) is 16.4 Å². The van der Waals surface area contributed by atoms with Crippen LogP contribution in [0, 0.1) is 13.8 Å². The van der Waals surface area contributed by atoms with Gasteiger partial charge in [0, 0.05) is 13.1 Å². The zero-order valence-electron chi connectivity index (χ0n) is 26.0. The summed E-state index contributed by atoms with van der Waals surface area (Å²) in [5, 5.41) is 18.2. The Morgan fingerprint density at radius 3 is 1.95 bits per heavy atom. The van der Waals surface area contributed by atoms with E-state index in [1.54, 1.807) is 56.3 Å². The van der Waals surface area contributed by atoms with Gasteiger partial charge in [-0.2, -0.15) is 0 Å². The third kappa shape index (κ3) is 16.6. The average molecular weight is 590 g/mol. The third-order valence-electron chi connectivity index (χ3n) is 5.90. The van der Waals surface area contributed by atoms with Crippen LogP contribution in [-0.4, -0.2) is 45.0 Å². The normalized spacial score (nSPS) is 11.5. The Hall–Kier alpha value is -3.26. The van der Waals surface area contributed by atoms with Crippen molar-refractivity contribution in [3.63, 3.8) is 0 Å². The van der Waals surface area contributed by atoms with Gasteiger partial charge in [0.05, 0.1) is 6.61 Å². The molecule has 0 aromatic heterocycles. The highest BCUT2D eigenvalue weighted by Crippen LogP contribution is 2.25. The van der Waals surface area contributed by atoms with E-state index in [1.807, 2.05) is 40.0 Å². The second-order valence-electron chi connectivity index (χ2n) is 9.05. The third-order valence-corrected chi connectivity index (χ3v) is 6.90. The summed E-state index contributed by atoms with van der Waals surface area (Å²) >= 11 is -1.95. The van der Waals surface area contributed by atoms with Gasteiger partial charge in [-0.15, -0.1) is 0 Å². The van der Waals surface area contributed by atoms with E-state index in [4.69, 9.17) is 19.1 Å². The molecule has 0 saturated carbocycles. The number of hydrogen-bond donors (Lipinski definition) is 2. The zero-order valence-corrected chi connectivity index (χ0v) is 26.8. The average Bonchev–Trinajstić information content (AvgIpc) is 2.97. The van der Waals surface area contributed by atoms with Crippen LogP contribution in [0.3, 0.4) is 0 Å². The quantitative estimate of drug-likeness (QED) is 0.0712. The number of rotatable bonds is 15. The molecule has 2 N–H and O–H groups in total. The summed E-state index contributed by atoms with van der Waals surface area (Å²) in [4.78, 5) is 14.6. The van der Waals surface area contributed by atoms with Crippen molar-refractivity contribution in [1.29, 1.82) is 0 Å². The fourth-order valence-corrected chi connectivity index (χ4v) is 4.15. The second kappa shape index (κ2) is 23.4. The van der Waals surface area contributed by atoms with E-state index in [9.17, 15) is 9.00 Å². The minimum Gasteiger partial charge on any atom is -0.508 e. The van der Waals surface area contributed by atoms with Crippen LogP contribution < -0.4 is 4.18 Å². The van der Waals surface area contributed by atoms with Crippen molar-refractivity contribution >= 4 is 17.0 Å². The smallest absolute Gasteiger partial charge is 0.350 e. The number of unbranched alkanes of at least 4 members (excludes halogenated alkanes) is 5. The summed E-state index contributed by atoms with van der Waals surface area (Å²) in [5.74, 6) is 0.302. The van der Waals surface area contributed by atoms with Gasteiger partial charge in [-0.25, -0.2) is 9.00 Å². The van der Waals surface area contributed by atoms with Crippen LogP contribution in [0.2, 0.25) is 0 Å². The van der Waals surface area contributed by atoms with E-state index < -0.39 is 17.0 Å². The number of benzene rings is 2. The number of ether oxygens (including phenoxy) is 1. The Morgan fingerprint density at radius 2 is 1.41 bits per heavy atom. The number of para-hydroxylation sites is 1. The molecule has 0 aliphatic rings. The number of carbonyl (C=O) groups is 1. The number of carbonyl (C=O) groups excluding carboxylic acids is 1. The van der Waals surface area contributed by atoms with Gasteiger partial charge >= 0.3 is 5.97 Å². The number of phenols is 2. The lowest BCUT2D eigenvalue weighted by molar-refractivity contribution is -0.138. The first-order chi connectivity index (χ1) is 19.7. The van der Waals surface area contributed by atoms with E-state index >= 15 is 0 Å². The summed E-state index contributed by atoms with van der Waals surface area (Å²) in [6.07, 6.45) is 11.7. The predicted octanol–water partition coefficient (Wildman–Crippen LogP) is 8.11. The topological polar surface area (TPSA) is 96.3 Å². The van der Waals surface area contributed by atoms with Crippen molar-refractivity contribution in [2.45, 2.75) is 87.0 Å². The summed E-state index contributed by atoms with van der Waals surface area (Å²) in [7, 11) is 0. The molecular weight excluding hydrogens is 538 g/mol. The fourth-order valence-electron chi connectivity index (χ4n) is 3.39. The Labute approximate surface area is 250 Å². The number of esters is 1. The van der Waals surface area contributed by atoms with Crippen molar-refractivity contribution < 1.29 is 28.1 Å². The summed E-state index contributed by atoms with van der Waals surface area (Å²) < 4.78 is 23.4. The van der Waals surface area contributed by atoms with Crippen LogP contribution in [0.5, 0.6) is 17.2 Å². The summed E-state index contributed by atoms with van der Waals surface area (Å²) in [6.45, 7) is 15.8. The van der Waals surface area contributed by atoms with Crippen molar-refractivity contribution in [2.24, 2.45) is 0 Å². The van der Waals surface area contributed by atoms with Crippen LogP contribution in [0.1, 0.15) is 84.3 Å². The van der Waals surface area contributed by atoms with Crippen LogP contribution in [0.4, 0.5) is 0 Å². The lowest BCUT2D eigenvalue weighted by Gasteiger charge is -2.14. The van der Waals surface area contributed by atoms with Gasteiger partial charge in [0.2, 0.25) is 11.1 Å². The Bertz CT molecular complexity index is 1010. The highest BCUT2D eigenvalue weighted by Gasteiger charge is 2.20. The van der Waals surface area contributed by atoms with Gasteiger partial charge in [-0.1, -0.05) is 71.1 Å². The minimum atomic E-state index is -1.95. The van der Waals surface area contributed by atoms with Gasteiger partial charge in [-0.3, -0.25) is 0 Å². The summed E-state index contributed by atoms with van der Waals surface area (Å²) in [5.41, 5.74) is 1.39. The molecule has 41 heavy (non-hydrogen) atoms. The van der Waals surface area contributed by atoms with Gasteiger partial charge < -0.3 is 24.0 Å². The SMILES string of the molecule is CC.CCCCCCCCOC(=O)/C(=C/C=C/N(CC)CC)S(=O)Oc1ccccc1.Cc1cc(O)c(C)cc1O. The van der Waals surface area contributed by atoms with Crippen molar-refractivity contribution in [3.05, 3.63) is 76.8 Å². The van der Waals surface area contributed by atoms with Crippen LogP contribution in [-0.2, 0) is 20.6 Å². The summed E-state index contributed by atoms with van der Waals surface area (Å²) in [6, 6.07) is 11.9. The zero-order chi connectivity index (χ0) is 31.0. The molecule has 230 valence electrons. The predicted molar refractivity (Wildman–Crippen MR) is 170 cm³/mol. The highest BCUT2D eigenvalue weighted by atomic mass is 32.2. The maximum absolute atomic E-state index is 12.6. The van der Waals surface area contributed by atoms with Gasteiger partial charge in [0.1, 0.15) is 17.2 Å². The van der Waals surface area contributed by atoms with Crippen molar-refractivity contribution in [2.75, 3.05) is 19.7 Å². The monoisotopic (exact) mass is 589 g/mol. The molecule has 2 aromatic rings. The largest absolute Gasteiger partial charge is 0.508 e. The molecule has 2 aromatic carbocycles. The molecule has 2 rings (SSSR count). The van der Waals surface area contributed by atoms with Gasteiger partial charge in [0.15, 0.2) is 4.91 Å². The number of allylic oxidation sites excluding steroid dienone is 2. The lowest BCUT2D eigenvalue weighted by Crippen LogP contribution is -2.17. The van der Waals surface area contributed by atoms with E-state index in [1.165, 1.54) is 25.3 Å². The van der Waals surface area contributed by atoms with Crippen LogP contribution in [0.25, 0.3) is 0 Å². The minimum absolute atomic E-state index is 0.00300. The number of aromatic hydroxyl groups is 2. The first kappa shape index (κ1) is 37.7. The number of hydrogen-bond acceptors (Lipinski definition) is 7. The van der Waals surface area contributed by atoms with E-state index in [2.05, 4.69) is 11.8 Å². The molecule has 7 nitrogen and oxygen atoms in total. The molecule has 0 bridgehead atoms. The maximum atomic E-state index is 12.6. The molecule has 0 radical (unpaired) electrons. The molecule has 0 amide bonds. The van der Waals surface area contributed by atoms with Crippen molar-refractivity contribution in [1.82, 2.24) is 4.90 Å². The standard InChI is InChI=1S/C23H35NO4S.C8H10O2.C2H6/c1-4-7-8-9-10-14-20-27-23(25)22(18-15-19-24(5-2)6-3)29(26)28-21-16-12-11-13-17-21;1-5-3-8(10)6(2)4-7(5)9;1-2/h11-13,15-19H,4-10,14,20H2,1-3H3;3-4,9-10H,1-2H3;1-2H3/b19-15+,22-18-;;. The van der Waals surface area contributed by atoms with Gasteiger partial charge in [0.25, 0.3) is 0 Å². The highest BCUT2D eigenvalue weighted by molar-refractivity contribution is 7.85. The Morgan fingerprint density at radius 1 is 0.878 bits per heavy atom. The molecule has 8 heteroatoms. The first-order valence-corrected chi connectivity index (χ1v) is 15.7. The molecular formula is C33H51NO6S. The molecule has 0 fully saturated rings. The Balaban J connectivity index is 0.00000111. The molecule has 0 saturated heterocycles. The number of aryl methyl sites for hydroxylation is 2. The van der Waals surface area contributed by atoms with E-state index in [0.29, 0.717) is 23.5 Å². The van der Waals surface area contributed by atoms with Crippen LogP contribution in [0.15, 0.2) is 65.7 Å². The maximum Gasteiger partial charge on any atom is 0.350 e. The lowest BCUT2D eigenvalue weighted by atomic mass is 10.1. The molecule has 1 atom stereocenters. The van der Waals surface area contributed by atoms with E-state index in [0.717, 1.165) is 32.4 Å². The molecule has 0 heterocycles. The number of nitrogens with zero attached hydrogens (tertiary/aromatic N) is 1. The first-order valence-electron chi connectivity index (χ1n) is 14.7. The van der Waals surface area contributed by atoms with Gasteiger partial charge in [-0.05, 0) is 87.9 Å². The molecule has 0 aliphatic carbocycles.